The number of ether oxygens (including phenoxy) is 1. The molecule has 0 aromatic heterocycles. The van der Waals surface area contributed by atoms with Crippen LogP contribution < -0.4 is 10.1 Å². The van der Waals surface area contributed by atoms with Crippen LogP contribution in [0, 0.1) is 0 Å². The molecule has 1 aromatic carbocycles. The molecule has 1 aliphatic carbocycles. The van der Waals surface area contributed by atoms with Crippen molar-refractivity contribution >= 4 is 21.6 Å². The van der Waals surface area contributed by atoms with E-state index in [-0.39, 0.29) is 23.9 Å². The second-order valence-electron chi connectivity index (χ2n) is 5.71. The van der Waals surface area contributed by atoms with Crippen LogP contribution in [-0.2, 0) is 9.84 Å². The number of nitrogens with zero attached hydrogens (tertiary/aromatic N) is 1. The Labute approximate surface area is 131 Å². The number of rotatable bonds is 6. The van der Waals surface area contributed by atoms with Crippen molar-refractivity contribution in [2.45, 2.75) is 31.8 Å². The van der Waals surface area contributed by atoms with Crippen molar-refractivity contribution < 1.29 is 17.9 Å². The average molecular weight is 326 g/mol. The van der Waals surface area contributed by atoms with E-state index in [0.717, 1.165) is 12.8 Å². The molecule has 1 fully saturated rings. The van der Waals surface area contributed by atoms with Gasteiger partial charge in [-0.05, 0) is 31.9 Å². The number of hydrogen-bond acceptors (Lipinski definition) is 4. The number of urea groups is 1. The van der Waals surface area contributed by atoms with E-state index < -0.39 is 9.84 Å². The van der Waals surface area contributed by atoms with Crippen molar-refractivity contribution in [3.63, 3.8) is 0 Å². The van der Waals surface area contributed by atoms with Gasteiger partial charge in [0.2, 0.25) is 0 Å². The highest BCUT2D eigenvalue weighted by molar-refractivity contribution is 7.90. The summed E-state index contributed by atoms with van der Waals surface area (Å²) >= 11 is 0. The van der Waals surface area contributed by atoms with Gasteiger partial charge in [-0.2, -0.15) is 0 Å². The third kappa shape index (κ3) is 4.37. The highest BCUT2D eigenvalue weighted by Gasteiger charge is 2.37. The molecule has 0 heterocycles. The third-order valence-electron chi connectivity index (χ3n) is 3.54. The Bertz CT molecular complexity index is 641. The lowest BCUT2D eigenvalue weighted by atomic mass is 10.3. The fourth-order valence-corrected chi connectivity index (χ4v) is 3.56. The van der Waals surface area contributed by atoms with Gasteiger partial charge in [-0.1, -0.05) is 12.1 Å². The molecule has 0 unspecified atom stereocenters. The van der Waals surface area contributed by atoms with Gasteiger partial charge in [-0.3, -0.25) is 0 Å². The molecule has 2 rings (SSSR count). The zero-order chi connectivity index (χ0) is 16.3. The van der Waals surface area contributed by atoms with Gasteiger partial charge in [0.05, 0.1) is 18.6 Å². The van der Waals surface area contributed by atoms with Crippen molar-refractivity contribution in [2.75, 3.05) is 24.4 Å². The van der Waals surface area contributed by atoms with Gasteiger partial charge in [0.1, 0.15) is 15.6 Å². The Balaban J connectivity index is 2.13. The van der Waals surface area contributed by atoms with Crippen LogP contribution in [0.25, 0.3) is 0 Å². The van der Waals surface area contributed by atoms with Gasteiger partial charge in [0.25, 0.3) is 0 Å². The van der Waals surface area contributed by atoms with Crippen molar-refractivity contribution in [1.82, 2.24) is 4.90 Å². The monoisotopic (exact) mass is 326 g/mol. The van der Waals surface area contributed by atoms with Crippen molar-refractivity contribution in [3.05, 3.63) is 24.3 Å². The van der Waals surface area contributed by atoms with Crippen LogP contribution in [0.1, 0.15) is 19.8 Å². The Morgan fingerprint density at radius 1 is 1.41 bits per heavy atom. The molecule has 7 heteroatoms. The standard InChI is InChI=1S/C15H22N2O4S/c1-11(10-22(3,19)20)17(12-8-9-12)15(18)16-13-6-4-5-7-14(13)21-2/h4-7,11-12H,8-10H2,1-3H3,(H,16,18)/t11-/m1/s1. The summed E-state index contributed by atoms with van der Waals surface area (Å²) < 4.78 is 28.2. The second kappa shape index (κ2) is 6.56. The highest BCUT2D eigenvalue weighted by Crippen LogP contribution is 2.31. The summed E-state index contributed by atoms with van der Waals surface area (Å²) in [4.78, 5) is 14.2. The van der Waals surface area contributed by atoms with Gasteiger partial charge in [-0.15, -0.1) is 0 Å². The number of nitrogens with one attached hydrogen (secondary N) is 1. The Kier molecular flexibility index (Phi) is 4.95. The third-order valence-corrected chi connectivity index (χ3v) is 4.63. The van der Waals surface area contributed by atoms with E-state index >= 15 is 0 Å². The fraction of sp³-hybridized carbons (Fsp3) is 0.533. The molecular weight excluding hydrogens is 304 g/mol. The first-order valence-electron chi connectivity index (χ1n) is 7.22. The lowest BCUT2D eigenvalue weighted by Crippen LogP contribution is -2.46. The molecule has 22 heavy (non-hydrogen) atoms. The lowest BCUT2D eigenvalue weighted by Gasteiger charge is -2.29. The number of carbonyl (C=O) groups is 1. The minimum Gasteiger partial charge on any atom is -0.495 e. The molecule has 1 saturated carbocycles. The molecule has 0 spiro atoms. The molecule has 2 amide bonds. The Hall–Kier alpha value is -1.76. The van der Waals surface area contributed by atoms with Gasteiger partial charge < -0.3 is 15.0 Å². The van der Waals surface area contributed by atoms with E-state index in [1.54, 1.807) is 30.0 Å². The number of sulfone groups is 1. The lowest BCUT2D eigenvalue weighted by molar-refractivity contribution is 0.194. The van der Waals surface area contributed by atoms with E-state index in [2.05, 4.69) is 5.32 Å². The minimum atomic E-state index is -3.14. The first-order valence-corrected chi connectivity index (χ1v) is 9.28. The van der Waals surface area contributed by atoms with Crippen LogP contribution in [0.5, 0.6) is 5.75 Å². The molecule has 0 aliphatic heterocycles. The van der Waals surface area contributed by atoms with Crippen molar-refractivity contribution in [1.29, 1.82) is 0 Å². The summed E-state index contributed by atoms with van der Waals surface area (Å²) in [6.07, 6.45) is 3.01. The van der Waals surface area contributed by atoms with Crippen molar-refractivity contribution in [3.8, 4) is 5.75 Å². The molecule has 0 bridgehead atoms. The maximum absolute atomic E-state index is 12.6. The number of para-hydroxylation sites is 2. The summed E-state index contributed by atoms with van der Waals surface area (Å²) in [5.41, 5.74) is 0.576. The predicted octanol–water partition coefficient (Wildman–Crippen LogP) is 2.12. The summed E-state index contributed by atoms with van der Waals surface area (Å²) in [5, 5.41) is 2.82. The van der Waals surface area contributed by atoms with Crippen LogP contribution in [-0.4, -0.2) is 50.6 Å². The SMILES string of the molecule is COc1ccccc1NC(=O)N(C1CC1)[C@H](C)CS(C)(=O)=O. The maximum atomic E-state index is 12.6. The van der Waals surface area contributed by atoms with Crippen LogP contribution in [0.3, 0.4) is 0 Å². The van der Waals surface area contributed by atoms with Crippen LogP contribution >= 0.6 is 0 Å². The number of carbonyl (C=O) groups excluding carboxylic acids is 1. The molecule has 1 aliphatic rings. The van der Waals surface area contributed by atoms with E-state index in [4.69, 9.17) is 4.74 Å². The Morgan fingerprint density at radius 2 is 2.05 bits per heavy atom. The molecule has 1 N–H and O–H groups in total. The number of benzene rings is 1. The van der Waals surface area contributed by atoms with Crippen LogP contribution in [0.15, 0.2) is 24.3 Å². The number of anilines is 1. The van der Waals surface area contributed by atoms with Crippen LogP contribution in [0.2, 0.25) is 0 Å². The minimum absolute atomic E-state index is 0.0388. The second-order valence-corrected chi connectivity index (χ2v) is 7.90. The zero-order valence-corrected chi connectivity index (χ0v) is 13.9. The number of amides is 2. The van der Waals surface area contributed by atoms with E-state index in [9.17, 15) is 13.2 Å². The van der Waals surface area contributed by atoms with Crippen LogP contribution in [0.4, 0.5) is 10.5 Å². The smallest absolute Gasteiger partial charge is 0.322 e. The summed E-state index contributed by atoms with van der Waals surface area (Å²) in [7, 11) is -1.60. The van der Waals surface area contributed by atoms with Crippen molar-refractivity contribution in [2.24, 2.45) is 0 Å². The van der Waals surface area contributed by atoms with Gasteiger partial charge in [0.15, 0.2) is 0 Å². The van der Waals surface area contributed by atoms with Gasteiger partial charge in [-0.25, -0.2) is 13.2 Å². The largest absolute Gasteiger partial charge is 0.495 e. The predicted molar refractivity (Wildman–Crippen MR) is 86.0 cm³/mol. The van der Waals surface area contributed by atoms with E-state index in [1.165, 1.54) is 13.4 Å². The normalized spacial score (nSPS) is 16.0. The Morgan fingerprint density at radius 3 is 2.59 bits per heavy atom. The molecule has 1 atom stereocenters. The number of methoxy groups -OCH3 is 1. The fourth-order valence-electron chi connectivity index (χ4n) is 2.52. The molecule has 122 valence electrons. The summed E-state index contributed by atoms with van der Waals surface area (Å²) in [5.74, 6) is 0.533. The molecular formula is C15H22N2O4S. The quantitative estimate of drug-likeness (QED) is 0.869. The zero-order valence-electron chi connectivity index (χ0n) is 13.1. The topological polar surface area (TPSA) is 75.7 Å². The first-order chi connectivity index (χ1) is 10.3. The van der Waals surface area contributed by atoms with Gasteiger partial charge in [0, 0.05) is 18.3 Å². The molecule has 0 radical (unpaired) electrons. The van der Waals surface area contributed by atoms with Gasteiger partial charge >= 0.3 is 6.03 Å². The molecule has 6 nitrogen and oxygen atoms in total. The van der Waals surface area contributed by atoms with E-state index in [1.807, 2.05) is 6.07 Å². The molecule has 0 saturated heterocycles. The average Bonchev–Trinajstić information content (AvgIpc) is 3.22. The maximum Gasteiger partial charge on any atom is 0.322 e. The molecule has 1 aromatic rings. The number of hydrogen-bond donors (Lipinski definition) is 1. The first kappa shape index (κ1) is 16.6. The summed E-state index contributed by atoms with van der Waals surface area (Å²) in [6.45, 7) is 1.77. The summed E-state index contributed by atoms with van der Waals surface area (Å²) in [6, 6.07) is 6.60. The van der Waals surface area contributed by atoms with E-state index in [0.29, 0.717) is 11.4 Å². The highest BCUT2D eigenvalue weighted by atomic mass is 32.2.